The highest BCUT2D eigenvalue weighted by molar-refractivity contribution is 8.14. The number of carbonyl (C=O) groups excluding carboxylic acids is 1. The van der Waals surface area contributed by atoms with Crippen LogP contribution in [-0.4, -0.2) is 23.9 Å². The van der Waals surface area contributed by atoms with Crippen LogP contribution in [0.25, 0.3) is 6.08 Å². The van der Waals surface area contributed by atoms with Gasteiger partial charge >= 0.3 is 0 Å². The normalized spacial score (nSPS) is 15.8. The number of benzene rings is 1. The summed E-state index contributed by atoms with van der Waals surface area (Å²) in [7, 11) is 1.62. The fourth-order valence-electron chi connectivity index (χ4n) is 2.39. The van der Waals surface area contributed by atoms with Gasteiger partial charge in [0, 0.05) is 16.7 Å². The van der Waals surface area contributed by atoms with E-state index in [1.807, 2.05) is 47.9 Å². The molecule has 0 N–H and O–H groups in total. The number of thiophene rings is 1. The van der Waals surface area contributed by atoms with Crippen molar-refractivity contribution in [3.05, 3.63) is 52.4 Å². The predicted molar refractivity (Wildman–Crippen MR) is 108 cm³/mol. The van der Waals surface area contributed by atoms with E-state index in [0.29, 0.717) is 5.70 Å². The van der Waals surface area contributed by atoms with E-state index >= 15 is 0 Å². The number of thioether (sulfide) groups is 1. The molecule has 1 aromatic heterocycles. The van der Waals surface area contributed by atoms with Gasteiger partial charge in [-0.25, -0.2) is 4.99 Å². The molecule has 25 heavy (non-hydrogen) atoms. The number of aliphatic imine (C=N–C) groups is 1. The summed E-state index contributed by atoms with van der Waals surface area (Å²) in [5.41, 5.74) is 1.26. The Morgan fingerprint density at radius 1 is 1.32 bits per heavy atom. The molecular weight excluding hydrogens is 352 g/mol. The van der Waals surface area contributed by atoms with Gasteiger partial charge in [-0.1, -0.05) is 37.2 Å². The van der Waals surface area contributed by atoms with Gasteiger partial charge in [0.1, 0.15) is 11.4 Å². The molecule has 1 amide bonds. The number of hydrogen-bond acceptors (Lipinski definition) is 5. The molecule has 3 rings (SSSR count). The maximum Gasteiger partial charge on any atom is 0.283 e. The third kappa shape index (κ3) is 4.14. The first kappa shape index (κ1) is 17.8. The maximum atomic E-state index is 13.0. The zero-order valence-electron chi connectivity index (χ0n) is 14.3. The average Bonchev–Trinajstić information content (AvgIpc) is 3.24. The molecule has 0 bridgehead atoms. The first-order valence-electron chi connectivity index (χ1n) is 8.18. The number of unbranched alkanes of at least 4 members (excludes halogenated alkanes) is 1. The number of hydrogen-bond donors (Lipinski definition) is 0. The number of amides is 1. The molecule has 1 aromatic carbocycles. The molecule has 6 heteroatoms. The minimum Gasteiger partial charge on any atom is -0.497 e. The zero-order chi connectivity index (χ0) is 17.6. The Morgan fingerprint density at radius 3 is 2.92 bits per heavy atom. The fourth-order valence-corrected chi connectivity index (χ4v) is 4.13. The zero-order valence-corrected chi connectivity index (χ0v) is 15.9. The lowest BCUT2D eigenvalue weighted by Gasteiger charge is -2.18. The van der Waals surface area contributed by atoms with Crippen molar-refractivity contribution in [1.82, 2.24) is 0 Å². The van der Waals surface area contributed by atoms with E-state index in [-0.39, 0.29) is 5.91 Å². The third-order valence-corrected chi connectivity index (χ3v) is 5.54. The largest absolute Gasteiger partial charge is 0.497 e. The summed E-state index contributed by atoms with van der Waals surface area (Å²) in [5.74, 6) is 1.56. The highest BCUT2D eigenvalue weighted by Crippen LogP contribution is 2.32. The van der Waals surface area contributed by atoms with Crippen LogP contribution in [0.1, 0.15) is 24.6 Å². The van der Waals surface area contributed by atoms with Gasteiger partial charge in [0.2, 0.25) is 0 Å². The number of nitrogens with zero attached hydrogens (tertiary/aromatic N) is 2. The molecule has 2 heterocycles. The van der Waals surface area contributed by atoms with Gasteiger partial charge in [-0.15, -0.1) is 11.3 Å². The number of ether oxygens (including phenoxy) is 1. The van der Waals surface area contributed by atoms with Crippen LogP contribution in [0.2, 0.25) is 0 Å². The predicted octanol–water partition coefficient (Wildman–Crippen LogP) is 5.03. The molecule has 4 nitrogen and oxygen atoms in total. The van der Waals surface area contributed by atoms with Crippen LogP contribution < -0.4 is 9.64 Å². The first-order valence-corrected chi connectivity index (χ1v) is 10.0. The molecule has 0 radical (unpaired) electrons. The molecule has 0 fully saturated rings. The van der Waals surface area contributed by atoms with Crippen molar-refractivity contribution in [3.8, 4) is 5.75 Å². The molecule has 0 saturated carbocycles. The van der Waals surface area contributed by atoms with Crippen LogP contribution in [0.15, 0.2) is 52.5 Å². The molecule has 0 aliphatic carbocycles. The minimum absolute atomic E-state index is 0.0966. The van der Waals surface area contributed by atoms with Gasteiger partial charge in [0.25, 0.3) is 5.91 Å². The van der Waals surface area contributed by atoms with Crippen molar-refractivity contribution < 1.29 is 9.53 Å². The SMILES string of the molecule is CCCCSC1=NC(=Cc2cccs2)C(=O)N1c1cccc(OC)c1. The smallest absolute Gasteiger partial charge is 0.283 e. The van der Waals surface area contributed by atoms with E-state index in [2.05, 4.69) is 11.9 Å². The molecule has 2 aromatic rings. The standard InChI is InChI=1S/C19H20N2O2S2/c1-3-4-10-25-19-20-17(13-16-9-6-11-24-16)18(22)21(19)14-7-5-8-15(12-14)23-2/h5-9,11-13H,3-4,10H2,1-2H3. The number of amidine groups is 1. The first-order chi connectivity index (χ1) is 12.2. The molecular formula is C19H20N2O2S2. The lowest BCUT2D eigenvalue weighted by molar-refractivity contribution is -0.113. The van der Waals surface area contributed by atoms with Crippen LogP contribution in [0.3, 0.4) is 0 Å². The van der Waals surface area contributed by atoms with Crippen molar-refractivity contribution in [3.63, 3.8) is 0 Å². The van der Waals surface area contributed by atoms with Crippen LogP contribution in [0.4, 0.5) is 5.69 Å². The van der Waals surface area contributed by atoms with E-state index in [0.717, 1.165) is 40.1 Å². The summed E-state index contributed by atoms with van der Waals surface area (Å²) in [4.78, 5) is 20.3. The number of methoxy groups -OCH3 is 1. The molecule has 0 unspecified atom stereocenters. The second kappa shape index (κ2) is 8.36. The van der Waals surface area contributed by atoms with Gasteiger partial charge in [-0.3, -0.25) is 9.69 Å². The molecule has 1 aliphatic heterocycles. The highest BCUT2D eigenvalue weighted by atomic mass is 32.2. The lowest BCUT2D eigenvalue weighted by Crippen LogP contribution is -2.30. The molecule has 0 spiro atoms. The van der Waals surface area contributed by atoms with Crippen molar-refractivity contribution in [2.75, 3.05) is 17.8 Å². The molecule has 0 atom stereocenters. The number of rotatable bonds is 6. The lowest BCUT2D eigenvalue weighted by atomic mass is 10.2. The third-order valence-electron chi connectivity index (χ3n) is 3.69. The summed E-state index contributed by atoms with van der Waals surface area (Å²) < 4.78 is 5.30. The van der Waals surface area contributed by atoms with Gasteiger partial charge in [0.15, 0.2) is 5.17 Å². The van der Waals surface area contributed by atoms with Crippen LogP contribution in [0, 0.1) is 0 Å². The van der Waals surface area contributed by atoms with Crippen LogP contribution in [0.5, 0.6) is 5.75 Å². The number of carbonyl (C=O) groups is 1. The summed E-state index contributed by atoms with van der Waals surface area (Å²) in [6.45, 7) is 2.16. The van der Waals surface area contributed by atoms with E-state index in [4.69, 9.17) is 4.74 Å². The van der Waals surface area contributed by atoms with E-state index in [1.54, 1.807) is 35.1 Å². The van der Waals surface area contributed by atoms with Gasteiger partial charge in [-0.05, 0) is 36.1 Å². The van der Waals surface area contributed by atoms with Crippen LogP contribution >= 0.6 is 23.1 Å². The highest BCUT2D eigenvalue weighted by Gasteiger charge is 2.32. The molecule has 130 valence electrons. The summed E-state index contributed by atoms with van der Waals surface area (Å²) >= 11 is 3.22. The fraction of sp³-hybridized carbons (Fsp3) is 0.263. The van der Waals surface area contributed by atoms with Crippen LogP contribution in [-0.2, 0) is 4.79 Å². The van der Waals surface area contributed by atoms with Gasteiger partial charge in [0.05, 0.1) is 12.8 Å². The second-order valence-electron chi connectivity index (χ2n) is 5.48. The van der Waals surface area contributed by atoms with Gasteiger partial charge in [-0.2, -0.15) is 0 Å². The Morgan fingerprint density at radius 2 is 2.20 bits per heavy atom. The monoisotopic (exact) mass is 372 g/mol. The van der Waals surface area contributed by atoms with E-state index < -0.39 is 0 Å². The van der Waals surface area contributed by atoms with Crippen molar-refractivity contribution in [2.45, 2.75) is 19.8 Å². The topological polar surface area (TPSA) is 41.9 Å². The average molecular weight is 373 g/mol. The Kier molecular flexibility index (Phi) is 5.94. The van der Waals surface area contributed by atoms with Crippen molar-refractivity contribution >= 4 is 45.9 Å². The second-order valence-corrected chi connectivity index (χ2v) is 7.52. The maximum absolute atomic E-state index is 13.0. The summed E-state index contributed by atoms with van der Waals surface area (Å²) in [6, 6.07) is 11.5. The Hall–Kier alpha value is -2.05. The van der Waals surface area contributed by atoms with E-state index in [9.17, 15) is 4.79 Å². The van der Waals surface area contributed by atoms with Crippen molar-refractivity contribution in [1.29, 1.82) is 0 Å². The molecule has 0 saturated heterocycles. The Balaban J connectivity index is 1.93. The Bertz CT molecular complexity index is 798. The summed E-state index contributed by atoms with van der Waals surface area (Å²) in [5, 5.41) is 2.72. The van der Waals surface area contributed by atoms with Gasteiger partial charge < -0.3 is 4.74 Å². The quantitative estimate of drug-likeness (QED) is 0.527. The van der Waals surface area contributed by atoms with E-state index in [1.165, 1.54) is 0 Å². The minimum atomic E-state index is -0.0966. The summed E-state index contributed by atoms with van der Waals surface area (Å²) in [6.07, 6.45) is 4.06. The van der Waals surface area contributed by atoms with Crippen molar-refractivity contribution in [2.24, 2.45) is 4.99 Å². The Labute approximate surface area is 156 Å². The number of anilines is 1. The molecule has 1 aliphatic rings.